The van der Waals surface area contributed by atoms with E-state index in [4.69, 9.17) is 11.6 Å². The third kappa shape index (κ3) is 3.48. The van der Waals surface area contributed by atoms with E-state index < -0.39 is 6.36 Å². The number of fused-ring (bicyclic) bond motifs is 3. The van der Waals surface area contributed by atoms with Crippen LogP contribution in [0.3, 0.4) is 0 Å². The first-order chi connectivity index (χ1) is 12.4. The number of hydrogen-bond acceptors (Lipinski definition) is 3. The van der Waals surface area contributed by atoms with Crippen molar-refractivity contribution < 1.29 is 17.9 Å². The fourth-order valence-electron chi connectivity index (χ4n) is 3.81. The first-order valence-electron chi connectivity index (χ1n) is 8.57. The summed E-state index contributed by atoms with van der Waals surface area (Å²) in [5.41, 5.74) is 4.10. The third-order valence-electron chi connectivity index (χ3n) is 4.96. The van der Waals surface area contributed by atoms with Crippen molar-refractivity contribution in [3.63, 3.8) is 0 Å². The molecule has 7 heteroatoms. The number of rotatable bonds is 2. The van der Waals surface area contributed by atoms with Gasteiger partial charge in [-0.15, -0.1) is 13.2 Å². The highest BCUT2D eigenvalue weighted by Crippen LogP contribution is 2.39. The SMILES string of the molecule is FC(F)(F)Oc1ccc(-c2ccc3c(c2)N2CCNCCC2C3)c(Cl)c1. The Morgan fingerprint density at radius 1 is 1.12 bits per heavy atom. The van der Waals surface area contributed by atoms with Crippen LogP contribution in [0.4, 0.5) is 18.9 Å². The molecule has 0 aromatic heterocycles. The Morgan fingerprint density at radius 2 is 1.96 bits per heavy atom. The van der Waals surface area contributed by atoms with E-state index >= 15 is 0 Å². The van der Waals surface area contributed by atoms with Gasteiger partial charge in [-0.05, 0) is 54.8 Å². The lowest BCUT2D eigenvalue weighted by molar-refractivity contribution is -0.274. The van der Waals surface area contributed by atoms with E-state index in [-0.39, 0.29) is 10.8 Å². The first-order valence-corrected chi connectivity index (χ1v) is 8.94. The molecule has 0 amide bonds. The molecule has 4 rings (SSSR count). The Kier molecular flexibility index (Phi) is 4.49. The molecule has 0 aliphatic carbocycles. The molecule has 2 aromatic carbocycles. The van der Waals surface area contributed by atoms with Crippen LogP contribution in [0.2, 0.25) is 5.02 Å². The van der Waals surface area contributed by atoms with E-state index in [1.165, 1.54) is 23.4 Å². The maximum atomic E-state index is 12.4. The van der Waals surface area contributed by atoms with Crippen LogP contribution in [0.15, 0.2) is 36.4 Å². The van der Waals surface area contributed by atoms with Gasteiger partial charge in [-0.25, -0.2) is 0 Å². The predicted molar refractivity (Wildman–Crippen MR) is 95.9 cm³/mol. The van der Waals surface area contributed by atoms with Gasteiger partial charge in [0.2, 0.25) is 0 Å². The average molecular weight is 383 g/mol. The maximum absolute atomic E-state index is 12.4. The first kappa shape index (κ1) is 17.5. The minimum absolute atomic E-state index is 0.235. The van der Waals surface area contributed by atoms with Crippen molar-refractivity contribution in [1.29, 1.82) is 0 Å². The zero-order valence-electron chi connectivity index (χ0n) is 13.9. The van der Waals surface area contributed by atoms with Crippen LogP contribution in [0.1, 0.15) is 12.0 Å². The quantitative estimate of drug-likeness (QED) is 0.819. The van der Waals surface area contributed by atoms with Crippen LogP contribution < -0.4 is 15.0 Å². The lowest BCUT2D eigenvalue weighted by Gasteiger charge is -2.25. The second-order valence-corrected chi connectivity index (χ2v) is 7.03. The summed E-state index contributed by atoms with van der Waals surface area (Å²) in [4.78, 5) is 2.42. The van der Waals surface area contributed by atoms with Gasteiger partial charge in [0.1, 0.15) is 5.75 Å². The van der Waals surface area contributed by atoms with Crippen LogP contribution in [0.25, 0.3) is 11.1 Å². The number of benzene rings is 2. The maximum Gasteiger partial charge on any atom is 0.573 e. The fraction of sp³-hybridized carbons (Fsp3) is 0.368. The Bertz CT molecular complexity index is 825. The minimum Gasteiger partial charge on any atom is -0.406 e. The number of nitrogens with one attached hydrogen (secondary N) is 1. The molecule has 0 radical (unpaired) electrons. The average Bonchev–Trinajstić information content (AvgIpc) is 2.74. The molecule has 2 aromatic rings. The predicted octanol–water partition coefficient (Wildman–Crippen LogP) is 4.63. The molecule has 1 atom stereocenters. The Hall–Kier alpha value is -1.92. The summed E-state index contributed by atoms with van der Waals surface area (Å²) in [7, 11) is 0. The van der Waals surface area contributed by atoms with Crippen molar-refractivity contribution in [3.05, 3.63) is 47.0 Å². The molecule has 1 unspecified atom stereocenters. The lowest BCUT2D eigenvalue weighted by atomic mass is 10.0. The molecule has 0 spiro atoms. The molecule has 0 bridgehead atoms. The zero-order chi connectivity index (χ0) is 18.3. The molecule has 2 aliphatic heterocycles. The van der Waals surface area contributed by atoms with E-state index in [2.05, 4.69) is 27.1 Å². The zero-order valence-corrected chi connectivity index (χ0v) is 14.7. The highest BCUT2D eigenvalue weighted by Gasteiger charge is 2.32. The molecule has 1 N–H and O–H groups in total. The molecular weight excluding hydrogens is 365 g/mol. The molecule has 2 heterocycles. The smallest absolute Gasteiger partial charge is 0.406 e. The van der Waals surface area contributed by atoms with Gasteiger partial charge in [-0.1, -0.05) is 23.7 Å². The van der Waals surface area contributed by atoms with Crippen molar-refractivity contribution in [2.24, 2.45) is 0 Å². The molecule has 26 heavy (non-hydrogen) atoms. The van der Waals surface area contributed by atoms with Crippen molar-refractivity contribution in [2.75, 3.05) is 24.5 Å². The molecular formula is C19H18ClF3N2O. The second-order valence-electron chi connectivity index (χ2n) is 6.62. The van der Waals surface area contributed by atoms with Gasteiger partial charge >= 0.3 is 6.36 Å². The molecule has 1 fully saturated rings. The van der Waals surface area contributed by atoms with Crippen molar-refractivity contribution in [2.45, 2.75) is 25.2 Å². The van der Waals surface area contributed by atoms with Crippen LogP contribution in [0.5, 0.6) is 5.75 Å². The fourth-order valence-corrected chi connectivity index (χ4v) is 4.09. The summed E-state index contributed by atoms with van der Waals surface area (Å²) < 4.78 is 41.0. The number of ether oxygens (including phenoxy) is 1. The van der Waals surface area contributed by atoms with E-state index in [1.54, 1.807) is 6.07 Å². The molecule has 1 saturated heterocycles. The van der Waals surface area contributed by atoms with Gasteiger partial charge in [0.05, 0.1) is 5.02 Å². The van der Waals surface area contributed by atoms with Gasteiger partial charge < -0.3 is 15.0 Å². The van der Waals surface area contributed by atoms with Gasteiger partial charge in [0, 0.05) is 30.4 Å². The van der Waals surface area contributed by atoms with E-state index in [1.807, 2.05) is 6.07 Å². The van der Waals surface area contributed by atoms with Crippen molar-refractivity contribution in [3.8, 4) is 16.9 Å². The summed E-state index contributed by atoms with van der Waals surface area (Å²) in [5, 5.41) is 3.65. The summed E-state index contributed by atoms with van der Waals surface area (Å²) in [5.74, 6) is -0.314. The standard InChI is InChI=1S/C19H18ClF3N2O/c20-17-11-15(26-19(21,22)23)3-4-16(17)12-1-2-13-9-14-5-6-24-7-8-25(14)18(13)10-12/h1-4,10-11,14,24H,5-9H2. The monoisotopic (exact) mass is 382 g/mol. The Morgan fingerprint density at radius 3 is 2.73 bits per heavy atom. The second kappa shape index (κ2) is 6.67. The van der Waals surface area contributed by atoms with Gasteiger partial charge in [0.15, 0.2) is 0 Å². The number of anilines is 1. The number of alkyl halides is 3. The van der Waals surface area contributed by atoms with E-state index in [0.717, 1.165) is 38.0 Å². The lowest BCUT2D eigenvalue weighted by Crippen LogP contribution is -2.32. The van der Waals surface area contributed by atoms with E-state index in [0.29, 0.717) is 11.6 Å². The number of halogens is 4. The normalized spacial score (nSPS) is 19.7. The summed E-state index contributed by atoms with van der Waals surface area (Å²) in [6.45, 7) is 2.92. The Balaban J connectivity index is 1.64. The number of hydrogen-bond donors (Lipinski definition) is 1. The van der Waals surface area contributed by atoms with Crippen LogP contribution in [-0.2, 0) is 6.42 Å². The highest BCUT2D eigenvalue weighted by atomic mass is 35.5. The van der Waals surface area contributed by atoms with Crippen molar-refractivity contribution in [1.82, 2.24) is 5.32 Å². The summed E-state index contributed by atoms with van der Waals surface area (Å²) in [6, 6.07) is 10.7. The van der Waals surface area contributed by atoms with Crippen LogP contribution >= 0.6 is 11.6 Å². The van der Waals surface area contributed by atoms with E-state index in [9.17, 15) is 13.2 Å². The topological polar surface area (TPSA) is 24.5 Å². The molecule has 3 nitrogen and oxygen atoms in total. The molecule has 2 aliphatic rings. The van der Waals surface area contributed by atoms with Crippen LogP contribution in [0, 0.1) is 0 Å². The van der Waals surface area contributed by atoms with Gasteiger partial charge in [-0.2, -0.15) is 0 Å². The number of nitrogens with zero attached hydrogens (tertiary/aromatic N) is 1. The third-order valence-corrected chi connectivity index (χ3v) is 5.27. The van der Waals surface area contributed by atoms with Gasteiger partial charge in [0.25, 0.3) is 0 Å². The largest absolute Gasteiger partial charge is 0.573 e. The summed E-state index contributed by atoms with van der Waals surface area (Å²) >= 11 is 6.24. The Labute approximate surface area is 154 Å². The highest BCUT2D eigenvalue weighted by molar-refractivity contribution is 6.33. The van der Waals surface area contributed by atoms with Crippen LogP contribution in [-0.4, -0.2) is 32.0 Å². The molecule has 0 saturated carbocycles. The molecule has 138 valence electrons. The summed E-state index contributed by atoms with van der Waals surface area (Å²) in [6.07, 6.45) is -2.59. The minimum atomic E-state index is -4.73. The van der Waals surface area contributed by atoms with Gasteiger partial charge in [-0.3, -0.25) is 0 Å². The van der Waals surface area contributed by atoms with Crippen molar-refractivity contribution >= 4 is 17.3 Å².